The molecule has 0 fully saturated rings. The van der Waals surface area contributed by atoms with E-state index in [4.69, 9.17) is 5.73 Å². The maximum Gasteiger partial charge on any atom is 0.258 e. The van der Waals surface area contributed by atoms with Crippen LogP contribution in [-0.4, -0.2) is 41.4 Å². The van der Waals surface area contributed by atoms with E-state index in [9.17, 15) is 19.5 Å². The first kappa shape index (κ1) is 34.7. The van der Waals surface area contributed by atoms with E-state index in [1.807, 2.05) is 84.9 Å². The van der Waals surface area contributed by atoms with E-state index in [-0.39, 0.29) is 48.9 Å². The predicted octanol–water partition coefficient (Wildman–Crippen LogP) is 6.75. The van der Waals surface area contributed by atoms with Crippen molar-refractivity contribution in [1.29, 1.82) is 0 Å². The number of hydrogen-bond donors (Lipinski definition) is 5. The molecule has 0 aliphatic rings. The number of phenols is 1. The molecule has 3 amide bonds. The fraction of sp³-hybridized carbons (Fsp3) is 0.136. The Morgan fingerprint density at radius 3 is 1.92 bits per heavy atom. The Hall–Kier alpha value is -6.74. The van der Waals surface area contributed by atoms with Crippen LogP contribution in [0.5, 0.6) is 5.75 Å². The van der Waals surface area contributed by atoms with Crippen molar-refractivity contribution in [2.45, 2.75) is 31.3 Å². The topological polar surface area (TPSA) is 146 Å². The minimum Gasteiger partial charge on any atom is -0.508 e. The van der Waals surface area contributed by atoms with Gasteiger partial charge in [-0.1, -0.05) is 121 Å². The summed E-state index contributed by atoms with van der Waals surface area (Å²) in [7, 11) is 0. The molecule has 0 aliphatic heterocycles. The van der Waals surface area contributed by atoms with Crippen molar-refractivity contribution >= 4 is 56.0 Å². The lowest BCUT2D eigenvalue weighted by atomic mass is 9.90. The number of rotatable bonds is 12. The van der Waals surface area contributed by atoms with Gasteiger partial charge in [-0.05, 0) is 80.0 Å². The Morgan fingerprint density at radius 2 is 1.26 bits per heavy atom. The Balaban J connectivity index is 1.04. The molecular formula is C44H39N5O4. The number of carbonyl (C=O) groups is 3. The molecule has 0 unspecified atom stereocenters. The average molecular weight is 702 g/mol. The van der Waals surface area contributed by atoms with Gasteiger partial charge in [-0.25, -0.2) is 0 Å². The molecule has 7 aromatic carbocycles. The van der Waals surface area contributed by atoms with E-state index in [1.54, 1.807) is 30.3 Å². The third-order valence-electron chi connectivity index (χ3n) is 9.51. The van der Waals surface area contributed by atoms with Crippen molar-refractivity contribution in [3.05, 3.63) is 162 Å². The number of aliphatic imine (C=N–C) groups is 1. The zero-order valence-electron chi connectivity index (χ0n) is 29.0. The second-order valence-corrected chi connectivity index (χ2v) is 13.0. The molecule has 0 spiro atoms. The minimum atomic E-state index is -0.877. The van der Waals surface area contributed by atoms with Gasteiger partial charge in [-0.2, -0.15) is 0 Å². The van der Waals surface area contributed by atoms with Gasteiger partial charge < -0.3 is 21.5 Å². The standard InChI is InChI=1S/C44H39N5O4/c45-44(49-41(51)36-25-21-33-19-18-31-13-7-14-32-20-24-35(36)40(33)38(31)32)46-26-8-15-37(42(52)47-27-28-16-22-34(50)23-17-28)48-43(53)39(29-9-3-1-4-10-29)30-11-5-2-6-12-30/h1-7,9-14,16-25,37,39,50H,8,15,26-27H2,(H,47,52)(H,48,53)(H3,45,46,49,51)/t37-/m1/s1. The Kier molecular flexibility index (Phi) is 10.2. The molecule has 7 rings (SSSR count). The highest BCUT2D eigenvalue weighted by Gasteiger charge is 2.28. The van der Waals surface area contributed by atoms with Crippen LogP contribution in [0, 0.1) is 0 Å². The van der Waals surface area contributed by atoms with Crippen LogP contribution in [0.15, 0.2) is 145 Å². The first-order chi connectivity index (χ1) is 25.9. The van der Waals surface area contributed by atoms with Crippen molar-refractivity contribution in [2.24, 2.45) is 10.7 Å². The van der Waals surface area contributed by atoms with Crippen molar-refractivity contribution in [3.8, 4) is 5.75 Å². The number of benzene rings is 7. The summed E-state index contributed by atoms with van der Waals surface area (Å²) in [6.07, 6.45) is 0.664. The molecule has 0 aromatic heterocycles. The van der Waals surface area contributed by atoms with Crippen molar-refractivity contribution in [3.63, 3.8) is 0 Å². The average Bonchev–Trinajstić information content (AvgIpc) is 3.18. The van der Waals surface area contributed by atoms with Gasteiger partial charge in [0.1, 0.15) is 11.8 Å². The van der Waals surface area contributed by atoms with E-state index in [2.05, 4.69) is 45.2 Å². The highest BCUT2D eigenvalue weighted by molar-refractivity contribution is 6.27. The fourth-order valence-corrected chi connectivity index (χ4v) is 6.89. The van der Waals surface area contributed by atoms with Crippen molar-refractivity contribution in [2.75, 3.05) is 6.54 Å². The van der Waals surface area contributed by atoms with Gasteiger partial charge in [0.25, 0.3) is 5.91 Å². The normalized spacial score (nSPS) is 12.3. The molecule has 9 nitrogen and oxygen atoms in total. The van der Waals surface area contributed by atoms with E-state index < -0.39 is 12.0 Å². The molecule has 0 saturated heterocycles. The molecule has 0 bridgehead atoms. The SMILES string of the molecule is NC(=NCCC[C@@H](NC(=O)C(c1ccccc1)c1ccccc1)C(=O)NCc1ccc(O)cc1)NC(=O)c1ccc2ccc3cccc4ccc1c2c34. The number of nitrogens with zero attached hydrogens (tertiary/aromatic N) is 1. The maximum atomic E-state index is 14.0. The predicted molar refractivity (Wildman–Crippen MR) is 210 cm³/mol. The van der Waals surface area contributed by atoms with Crippen LogP contribution in [0.3, 0.4) is 0 Å². The summed E-state index contributed by atoms with van der Waals surface area (Å²) in [6, 6.07) is 42.6. The molecule has 0 saturated carbocycles. The maximum absolute atomic E-state index is 14.0. The number of phenolic OH excluding ortho intramolecular Hbond substituents is 1. The van der Waals surface area contributed by atoms with Gasteiger partial charge in [0.2, 0.25) is 11.8 Å². The van der Waals surface area contributed by atoms with E-state index in [0.717, 1.165) is 49.0 Å². The largest absolute Gasteiger partial charge is 0.508 e. The number of carbonyl (C=O) groups excluding carboxylic acids is 3. The number of nitrogens with two attached hydrogens (primary N) is 1. The van der Waals surface area contributed by atoms with Gasteiger partial charge in [-0.15, -0.1) is 0 Å². The van der Waals surface area contributed by atoms with Gasteiger partial charge in [0.15, 0.2) is 5.96 Å². The van der Waals surface area contributed by atoms with Gasteiger partial charge in [-0.3, -0.25) is 24.7 Å². The number of hydrogen-bond acceptors (Lipinski definition) is 5. The summed E-state index contributed by atoms with van der Waals surface area (Å²) < 4.78 is 0. The molecule has 7 aromatic rings. The lowest BCUT2D eigenvalue weighted by Crippen LogP contribution is -2.48. The van der Waals surface area contributed by atoms with Crippen LogP contribution in [-0.2, 0) is 16.1 Å². The fourth-order valence-electron chi connectivity index (χ4n) is 6.89. The Labute approximate surface area is 306 Å². The van der Waals surface area contributed by atoms with E-state index in [0.29, 0.717) is 12.0 Å². The van der Waals surface area contributed by atoms with E-state index in [1.165, 1.54) is 0 Å². The van der Waals surface area contributed by atoms with Gasteiger partial charge >= 0.3 is 0 Å². The third kappa shape index (κ3) is 7.79. The zero-order valence-corrected chi connectivity index (χ0v) is 29.0. The molecule has 53 heavy (non-hydrogen) atoms. The van der Waals surface area contributed by atoms with E-state index >= 15 is 0 Å². The summed E-state index contributed by atoms with van der Waals surface area (Å²) >= 11 is 0. The highest BCUT2D eigenvalue weighted by Crippen LogP contribution is 2.36. The molecule has 1 atom stereocenters. The monoisotopic (exact) mass is 701 g/mol. The number of aromatic hydroxyl groups is 1. The van der Waals surface area contributed by atoms with Crippen molar-refractivity contribution < 1.29 is 19.5 Å². The van der Waals surface area contributed by atoms with Crippen molar-refractivity contribution in [1.82, 2.24) is 16.0 Å². The Bertz CT molecular complexity index is 2360. The van der Waals surface area contributed by atoms with Crippen LogP contribution in [0.25, 0.3) is 32.3 Å². The summed E-state index contributed by atoms with van der Waals surface area (Å²) in [4.78, 5) is 45.4. The number of guanidine groups is 1. The summed E-state index contributed by atoms with van der Waals surface area (Å²) in [6.45, 7) is 0.426. The van der Waals surface area contributed by atoms with Crippen LogP contribution in [0.1, 0.15) is 45.8 Å². The highest BCUT2D eigenvalue weighted by atomic mass is 16.3. The smallest absolute Gasteiger partial charge is 0.258 e. The van der Waals surface area contributed by atoms with Crippen LogP contribution >= 0.6 is 0 Å². The van der Waals surface area contributed by atoms with Crippen LogP contribution in [0.4, 0.5) is 0 Å². The van der Waals surface area contributed by atoms with Crippen LogP contribution < -0.4 is 21.7 Å². The second kappa shape index (κ2) is 15.7. The summed E-state index contributed by atoms with van der Waals surface area (Å²) in [5, 5.41) is 24.5. The third-order valence-corrected chi connectivity index (χ3v) is 9.51. The minimum absolute atomic E-state index is 0.0359. The van der Waals surface area contributed by atoms with Gasteiger partial charge in [0.05, 0.1) is 5.92 Å². The lowest BCUT2D eigenvalue weighted by Gasteiger charge is -2.23. The lowest BCUT2D eigenvalue weighted by molar-refractivity contribution is -0.129. The molecule has 264 valence electrons. The number of nitrogens with one attached hydrogen (secondary N) is 3. The molecular weight excluding hydrogens is 663 g/mol. The number of amides is 3. The van der Waals surface area contributed by atoms with Crippen LogP contribution in [0.2, 0.25) is 0 Å². The first-order valence-corrected chi connectivity index (χ1v) is 17.6. The second-order valence-electron chi connectivity index (χ2n) is 13.0. The summed E-state index contributed by atoms with van der Waals surface area (Å²) in [5.74, 6) is -1.57. The van der Waals surface area contributed by atoms with Gasteiger partial charge in [0, 0.05) is 18.7 Å². The Morgan fingerprint density at radius 1 is 0.660 bits per heavy atom. The molecule has 9 heteroatoms. The molecule has 6 N–H and O–H groups in total. The molecule has 0 radical (unpaired) electrons. The molecule has 0 aliphatic carbocycles. The molecule has 0 heterocycles. The summed E-state index contributed by atoms with van der Waals surface area (Å²) in [5.41, 5.74) is 9.10. The zero-order chi connectivity index (χ0) is 36.7. The first-order valence-electron chi connectivity index (χ1n) is 17.6. The quantitative estimate of drug-likeness (QED) is 0.0414.